The van der Waals surface area contributed by atoms with Crippen molar-refractivity contribution in [2.75, 3.05) is 19.5 Å². The van der Waals surface area contributed by atoms with Crippen LogP contribution in [0, 0.1) is 0 Å². The SMILES string of the molecule is CS(=O)(=O)OCCCCOc1ccc(Cl)cc1Cl. The lowest BCUT2D eigenvalue weighted by molar-refractivity contribution is 0.270. The molecule has 0 radical (unpaired) electrons. The van der Waals surface area contributed by atoms with Crippen LogP contribution in [0.1, 0.15) is 12.8 Å². The summed E-state index contributed by atoms with van der Waals surface area (Å²) < 4.78 is 31.4. The fourth-order valence-electron chi connectivity index (χ4n) is 1.19. The van der Waals surface area contributed by atoms with E-state index in [2.05, 4.69) is 4.18 Å². The first-order chi connectivity index (χ1) is 8.38. The van der Waals surface area contributed by atoms with Gasteiger partial charge < -0.3 is 4.74 Å². The predicted octanol–water partition coefficient (Wildman–Crippen LogP) is 3.13. The second-order valence-electron chi connectivity index (χ2n) is 3.66. The van der Waals surface area contributed by atoms with Crippen LogP contribution in [0.5, 0.6) is 5.75 Å². The van der Waals surface area contributed by atoms with E-state index >= 15 is 0 Å². The van der Waals surface area contributed by atoms with Gasteiger partial charge in [-0.15, -0.1) is 0 Å². The second kappa shape index (κ2) is 7.19. The number of halogens is 2. The maximum absolute atomic E-state index is 10.7. The fraction of sp³-hybridized carbons (Fsp3) is 0.455. The molecule has 0 aromatic heterocycles. The highest BCUT2D eigenvalue weighted by Gasteiger charge is 2.03. The molecule has 0 aliphatic heterocycles. The normalized spacial score (nSPS) is 11.5. The zero-order valence-corrected chi connectivity index (χ0v) is 12.2. The maximum atomic E-state index is 10.7. The Kier molecular flexibility index (Phi) is 6.21. The Labute approximate surface area is 117 Å². The largest absolute Gasteiger partial charge is 0.492 e. The lowest BCUT2D eigenvalue weighted by Crippen LogP contribution is -2.06. The molecule has 1 rings (SSSR count). The Hall–Kier alpha value is -0.490. The Morgan fingerprint density at radius 2 is 1.83 bits per heavy atom. The third-order valence-corrected chi connectivity index (χ3v) is 3.11. The van der Waals surface area contributed by atoms with E-state index in [0.717, 1.165) is 6.26 Å². The number of unbranched alkanes of at least 4 members (excludes halogenated alkanes) is 1. The molecular weight excluding hydrogens is 299 g/mol. The van der Waals surface area contributed by atoms with E-state index in [9.17, 15) is 8.42 Å². The summed E-state index contributed by atoms with van der Waals surface area (Å²) in [5, 5.41) is 1.00. The van der Waals surface area contributed by atoms with E-state index in [4.69, 9.17) is 27.9 Å². The van der Waals surface area contributed by atoms with Gasteiger partial charge in [0, 0.05) is 5.02 Å². The van der Waals surface area contributed by atoms with Crippen molar-refractivity contribution in [3.8, 4) is 5.75 Å². The monoisotopic (exact) mass is 312 g/mol. The van der Waals surface area contributed by atoms with Gasteiger partial charge in [0.2, 0.25) is 0 Å². The fourth-order valence-corrected chi connectivity index (χ4v) is 2.07. The molecule has 0 bridgehead atoms. The van der Waals surface area contributed by atoms with Crippen molar-refractivity contribution in [1.29, 1.82) is 0 Å². The average molecular weight is 313 g/mol. The molecule has 0 aliphatic carbocycles. The predicted molar refractivity (Wildman–Crippen MR) is 72.0 cm³/mol. The van der Waals surface area contributed by atoms with Crippen molar-refractivity contribution in [2.24, 2.45) is 0 Å². The molecule has 0 saturated heterocycles. The Morgan fingerprint density at radius 1 is 1.17 bits per heavy atom. The number of ether oxygens (including phenoxy) is 1. The van der Waals surface area contributed by atoms with Crippen molar-refractivity contribution in [1.82, 2.24) is 0 Å². The Balaban J connectivity index is 2.22. The lowest BCUT2D eigenvalue weighted by Gasteiger charge is -2.08. The van der Waals surface area contributed by atoms with E-state index < -0.39 is 10.1 Å². The summed E-state index contributed by atoms with van der Waals surface area (Å²) in [4.78, 5) is 0. The summed E-state index contributed by atoms with van der Waals surface area (Å²) in [6.45, 7) is 0.602. The number of rotatable bonds is 7. The molecule has 0 fully saturated rings. The minimum atomic E-state index is -3.35. The molecule has 0 N–H and O–H groups in total. The highest BCUT2D eigenvalue weighted by molar-refractivity contribution is 7.85. The van der Waals surface area contributed by atoms with E-state index in [1.54, 1.807) is 18.2 Å². The molecule has 0 atom stereocenters. The van der Waals surface area contributed by atoms with Crippen molar-refractivity contribution in [3.05, 3.63) is 28.2 Å². The molecule has 1 aromatic carbocycles. The van der Waals surface area contributed by atoms with Crippen LogP contribution in [0.2, 0.25) is 10.0 Å². The summed E-state index contributed by atoms with van der Waals surface area (Å²) in [5.74, 6) is 0.560. The maximum Gasteiger partial charge on any atom is 0.264 e. The summed E-state index contributed by atoms with van der Waals surface area (Å²) >= 11 is 11.7. The second-order valence-corrected chi connectivity index (χ2v) is 6.14. The van der Waals surface area contributed by atoms with Crippen LogP contribution in [-0.2, 0) is 14.3 Å². The molecule has 4 nitrogen and oxygen atoms in total. The first-order valence-corrected chi connectivity index (χ1v) is 7.88. The van der Waals surface area contributed by atoms with Gasteiger partial charge in [0.25, 0.3) is 10.1 Å². The first kappa shape index (κ1) is 15.6. The topological polar surface area (TPSA) is 52.6 Å². The van der Waals surface area contributed by atoms with Gasteiger partial charge in [-0.05, 0) is 31.0 Å². The summed E-state index contributed by atoms with van der Waals surface area (Å²) in [5.41, 5.74) is 0. The first-order valence-electron chi connectivity index (χ1n) is 5.31. The van der Waals surface area contributed by atoms with Crippen LogP contribution in [0.25, 0.3) is 0 Å². The van der Waals surface area contributed by atoms with Crippen LogP contribution < -0.4 is 4.74 Å². The van der Waals surface area contributed by atoms with E-state index in [1.165, 1.54) is 0 Å². The third kappa shape index (κ3) is 6.44. The van der Waals surface area contributed by atoms with Crippen molar-refractivity contribution in [2.45, 2.75) is 12.8 Å². The molecule has 18 heavy (non-hydrogen) atoms. The molecule has 0 spiro atoms. The van der Waals surface area contributed by atoms with Crippen molar-refractivity contribution in [3.63, 3.8) is 0 Å². The van der Waals surface area contributed by atoms with Gasteiger partial charge in [0.15, 0.2) is 0 Å². The minimum absolute atomic E-state index is 0.163. The van der Waals surface area contributed by atoms with Crippen LogP contribution in [0.3, 0.4) is 0 Å². The molecule has 1 aromatic rings. The smallest absolute Gasteiger partial charge is 0.264 e. The van der Waals surface area contributed by atoms with Crippen LogP contribution in [0.15, 0.2) is 18.2 Å². The van der Waals surface area contributed by atoms with Crippen molar-refractivity contribution >= 4 is 33.3 Å². The summed E-state index contributed by atoms with van der Waals surface area (Å²) in [6, 6.07) is 4.98. The molecule has 102 valence electrons. The highest BCUT2D eigenvalue weighted by atomic mass is 35.5. The zero-order valence-electron chi connectivity index (χ0n) is 9.86. The number of hydrogen-bond donors (Lipinski definition) is 0. The summed E-state index contributed by atoms with van der Waals surface area (Å²) in [7, 11) is -3.35. The van der Waals surface area contributed by atoms with Gasteiger partial charge in [-0.3, -0.25) is 4.18 Å². The molecule has 0 heterocycles. The van der Waals surface area contributed by atoms with Gasteiger partial charge in [0.1, 0.15) is 5.75 Å². The van der Waals surface area contributed by atoms with Crippen molar-refractivity contribution < 1.29 is 17.3 Å². The molecule has 0 unspecified atom stereocenters. The lowest BCUT2D eigenvalue weighted by atomic mass is 10.3. The van der Waals surface area contributed by atoms with Crippen LogP contribution in [-0.4, -0.2) is 27.9 Å². The highest BCUT2D eigenvalue weighted by Crippen LogP contribution is 2.27. The van der Waals surface area contributed by atoms with Gasteiger partial charge in [-0.2, -0.15) is 8.42 Å². The standard InChI is InChI=1S/C11H14Cl2O4S/c1-18(14,15)17-7-3-2-6-16-11-5-4-9(12)8-10(11)13/h4-5,8H,2-3,6-7H2,1H3. The zero-order chi connectivity index (χ0) is 13.6. The minimum Gasteiger partial charge on any atom is -0.492 e. The third-order valence-electron chi connectivity index (χ3n) is 1.99. The van der Waals surface area contributed by atoms with Gasteiger partial charge >= 0.3 is 0 Å². The number of benzene rings is 1. The van der Waals surface area contributed by atoms with Crippen LogP contribution in [0.4, 0.5) is 0 Å². The van der Waals surface area contributed by atoms with Gasteiger partial charge in [-0.25, -0.2) is 0 Å². The Morgan fingerprint density at radius 3 is 2.44 bits per heavy atom. The van der Waals surface area contributed by atoms with E-state index in [-0.39, 0.29) is 6.61 Å². The van der Waals surface area contributed by atoms with Gasteiger partial charge in [0.05, 0.1) is 24.5 Å². The van der Waals surface area contributed by atoms with E-state index in [0.29, 0.717) is 35.2 Å². The average Bonchev–Trinajstić information content (AvgIpc) is 2.24. The summed E-state index contributed by atoms with van der Waals surface area (Å²) in [6.07, 6.45) is 2.30. The van der Waals surface area contributed by atoms with E-state index in [1.807, 2.05) is 0 Å². The van der Waals surface area contributed by atoms with Crippen LogP contribution >= 0.6 is 23.2 Å². The number of hydrogen-bond acceptors (Lipinski definition) is 4. The van der Waals surface area contributed by atoms with Gasteiger partial charge in [-0.1, -0.05) is 23.2 Å². The Bertz CT molecular complexity index is 488. The quantitative estimate of drug-likeness (QED) is 0.573. The molecule has 0 saturated carbocycles. The molecule has 0 amide bonds. The molecular formula is C11H14Cl2O4S. The molecule has 0 aliphatic rings. The molecule has 7 heteroatoms.